The van der Waals surface area contributed by atoms with E-state index in [1.807, 2.05) is 44.2 Å². The van der Waals surface area contributed by atoms with E-state index in [-0.39, 0.29) is 5.92 Å². The van der Waals surface area contributed by atoms with Crippen LogP contribution in [-0.4, -0.2) is 21.6 Å². The highest BCUT2D eigenvalue weighted by molar-refractivity contribution is 6.31. The second-order valence-corrected chi connectivity index (χ2v) is 7.64. The van der Waals surface area contributed by atoms with Crippen molar-refractivity contribution >= 4 is 22.5 Å². The lowest BCUT2D eigenvalue weighted by atomic mass is 9.83. The summed E-state index contributed by atoms with van der Waals surface area (Å²) in [5, 5.41) is 16.5. The van der Waals surface area contributed by atoms with Crippen LogP contribution in [0.25, 0.3) is 10.9 Å². The van der Waals surface area contributed by atoms with Gasteiger partial charge < -0.3 is 15.4 Å². The van der Waals surface area contributed by atoms with E-state index in [1.165, 1.54) is 11.3 Å². The number of aromatic amines is 1. The van der Waals surface area contributed by atoms with Gasteiger partial charge in [0.05, 0.1) is 5.60 Å². The van der Waals surface area contributed by atoms with Gasteiger partial charge in [0.25, 0.3) is 0 Å². The summed E-state index contributed by atoms with van der Waals surface area (Å²) in [6, 6.07) is 9.85. The van der Waals surface area contributed by atoms with Gasteiger partial charge in [-0.05, 0) is 50.1 Å². The Labute approximate surface area is 152 Å². The van der Waals surface area contributed by atoms with Crippen LogP contribution in [0.4, 0.5) is 0 Å². The monoisotopic (exact) mass is 355 g/mol. The molecule has 0 spiro atoms. The third-order valence-electron chi connectivity index (χ3n) is 5.18. The fourth-order valence-corrected chi connectivity index (χ4v) is 3.98. The SMILES string of the molecule is Cc1ccc(C(C)(O)CC2CNCc3c2[nH]c2ccc(Cl)cc32)cn1. The van der Waals surface area contributed by atoms with Crippen LogP contribution in [0.15, 0.2) is 36.5 Å². The molecular weight excluding hydrogens is 334 g/mol. The van der Waals surface area contributed by atoms with E-state index in [0.717, 1.165) is 40.3 Å². The molecular formula is C20H22ClN3O. The molecule has 4 rings (SSSR count). The number of benzene rings is 1. The summed E-state index contributed by atoms with van der Waals surface area (Å²) in [5.41, 5.74) is 4.43. The van der Waals surface area contributed by atoms with Crippen molar-refractivity contribution in [1.82, 2.24) is 15.3 Å². The second-order valence-electron chi connectivity index (χ2n) is 7.20. The zero-order valence-corrected chi connectivity index (χ0v) is 15.2. The number of fused-ring (bicyclic) bond motifs is 3. The Morgan fingerprint density at radius 2 is 2.16 bits per heavy atom. The number of halogens is 1. The number of aryl methyl sites for hydroxylation is 1. The van der Waals surface area contributed by atoms with Gasteiger partial charge in [-0.2, -0.15) is 0 Å². The van der Waals surface area contributed by atoms with Gasteiger partial charge in [-0.3, -0.25) is 4.98 Å². The second kappa shape index (κ2) is 6.13. The van der Waals surface area contributed by atoms with Crippen LogP contribution < -0.4 is 5.32 Å². The molecule has 5 heteroatoms. The molecule has 1 aliphatic rings. The van der Waals surface area contributed by atoms with E-state index in [2.05, 4.69) is 15.3 Å². The minimum absolute atomic E-state index is 0.200. The molecule has 4 nitrogen and oxygen atoms in total. The van der Waals surface area contributed by atoms with Gasteiger partial charge in [0, 0.05) is 58.1 Å². The van der Waals surface area contributed by atoms with Gasteiger partial charge in [-0.15, -0.1) is 0 Å². The molecule has 3 aromatic rings. The number of rotatable bonds is 3. The standard InChI is InChI=1S/C20H22ClN3O/c1-12-3-4-14(10-23-12)20(2,25)8-13-9-22-11-17-16-7-15(21)5-6-18(16)24-19(13)17/h3-7,10,13,22,24-25H,8-9,11H2,1-2H3. The summed E-state index contributed by atoms with van der Waals surface area (Å²) in [7, 11) is 0. The molecule has 2 atom stereocenters. The fraction of sp³-hybridized carbons (Fsp3) is 0.350. The lowest BCUT2D eigenvalue weighted by molar-refractivity contribution is 0.0383. The molecule has 3 N–H and O–H groups in total. The minimum Gasteiger partial charge on any atom is -0.385 e. The molecule has 25 heavy (non-hydrogen) atoms. The average Bonchev–Trinajstić information content (AvgIpc) is 2.94. The zero-order chi connectivity index (χ0) is 17.6. The van der Waals surface area contributed by atoms with Crippen molar-refractivity contribution in [2.24, 2.45) is 0 Å². The molecule has 0 saturated carbocycles. The Bertz CT molecular complexity index is 915. The molecule has 0 aliphatic carbocycles. The van der Waals surface area contributed by atoms with Gasteiger partial charge in [-0.25, -0.2) is 0 Å². The minimum atomic E-state index is -0.934. The molecule has 2 aromatic heterocycles. The Balaban J connectivity index is 1.69. The number of pyridine rings is 1. The van der Waals surface area contributed by atoms with Crippen molar-refractivity contribution in [2.45, 2.75) is 38.3 Å². The summed E-state index contributed by atoms with van der Waals surface area (Å²) < 4.78 is 0. The van der Waals surface area contributed by atoms with Crippen LogP contribution in [-0.2, 0) is 12.1 Å². The third-order valence-corrected chi connectivity index (χ3v) is 5.41. The summed E-state index contributed by atoms with van der Waals surface area (Å²) >= 11 is 6.17. The molecule has 0 bridgehead atoms. The van der Waals surface area contributed by atoms with Crippen molar-refractivity contribution in [3.63, 3.8) is 0 Å². The molecule has 0 radical (unpaired) electrons. The predicted molar refractivity (Wildman–Crippen MR) is 101 cm³/mol. The van der Waals surface area contributed by atoms with Gasteiger partial charge >= 0.3 is 0 Å². The summed E-state index contributed by atoms with van der Waals surface area (Å²) in [4.78, 5) is 7.88. The van der Waals surface area contributed by atoms with Gasteiger partial charge in [0.1, 0.15) is 0 Å². The Kier molecular flexibility index (Phi) is 4.07. The molecule has 130 valence electrons. The number of nitrogens with one attached hydrogen (secondary N) is 2. The molecule has 0 saturated heterocycles. The lowest BCUT2D eigenvalue weighted by Gasteiger charge is -2.31. The first kappa shape index (κ1) is 16.6. The Morgan fingerprint density at radius 1 is 1.32 bits per heavy atom. The van der Waals surface area contributed by atoms with Crippen molar-refractivity contribution in [3.8, 4) is 0 Å². The zero-order valence-electron chi connectivity index (χ0n) is 14.4. The van der Waals surface area contributed by atoms with E-state index in [9.17, 15) is 5.11 Å². The maximum atomic E-state index is 11.1. The third kappa shape index (κ3) is 3.06. The maximum absolute atomic E-state index is 11.1. The first-order chi connectivity index (χ1) is 11.9. The van der Waals surface area contributed by atoms with Crippen molar-refractivity contribution in [1.29, 1.82) is 0 Å². The first-order valence-electron chi connectivity index (χ1n) is 8.60. The summed E-state index contributed by atoms with van der Waals surface area (Å²) in [5.74, 6) is 0.200. The van der Waals surface area contributed by atoms with E-state index in [4.69, 9.17) is 11.6 Å². The maximum Gasteiger partial charge on any atom is 0.0890 e. The van der Waals surface area contributed by atoms with Gasteiger partial charge in [0.2, 0.25) is 0 Å². The molecule has 1 aliphatic heterocycles. The quantitative estimate of drug-likeness (QED) is 0.665. The summed E-state index contributed by atoms with van der Waals surface area (Å²) in [6.45, 7) is 5.47. The Hall–Kier alpha value is -1.88. The lowest BCUT2D eigenvalue weighted by Crippen LogP contribution is -2.33. The molecule has 3 heterocycles. The molecule has 2 unspecified atom stereocenters. The van der Waals surface area contributed by atoms with Crippen LogP contribution in [0.3, 0.4) is 0 Å². The number of hydrogen-bond acceptors (Lipinski definition) is 3. The Morgan fingerprint density at radius 3 is 2.92 bits per heavy atom. The van der Waals surface area contributed by atoms with Gasteiger partial charge in [0.15, 0.2) is 0 Å². The number of aromatic nitrogens is 2. The number of aliphatic hydroxyl groups is 1. The predicted octanol–water partition coefficient (Wildman–Crippen LogP) is 4.01. The topological polar surface area (TPSA) is 60.9 Å². The van der Waals surface area contributed by atoms with Crippen molar-refractivity contribution < 1.29 is 5.11 Å². The smallest absolute Gasteiger partial charge is 0.0890 e. The highest BCUT2D eigenvalue weighted by Crippen LogP contribution is 2.38. The molecule has 0 amide bonds. The van der Waals surface area contributed by atoms with E-state index < -0.39 is 5.60 Å². The van der Waals surface area contributed by atoms with Crippen LogP contribution in [0, 0.1) is 6.92 Å². The fourth-order valence-electron chi connectivity index (χ4n) is 3.81. The van der Waals surface area contributed by atoms with E-state index in [0.29, 0.717) is 6.42 Å². The van der Waals surface area contributed by atoms with E-state index >= 15 is 0 Å². The highest BCUT2D eigenvalue weighted by Gasteiger charge is 2.32. The summed E-state index contributed by atoms with van der Waals surface area (Å²) in [6.07, 6.45) is 2.40. The normalized spacial score (nSPS) is 19.6. The van der Waals surface area contributed by atoms with Crippen molar-refractivity contribution in [3.05, 3.63) is 64.1 Å². The molecule has 1 aromatic carbocycles. The largest absolute Gasteiger partial charge is 0.385 e. The first-order valence-corrected chi connectivity index (χ1v) is 8.98. The highest BCUT2D eigenvalue weighted by atomic mass is 35.5. The van der Waals surface area contributed by atoms with E-state index in [1.54, 1.807) is 6.20 Å². The average molecular weight is 356 g/mol. The van der Waals surface area contributed by atoms with Crippen LogP contribution in [0.5, 0.6) is 0 Å². The van der Waals surface area contributed by atoms with Gasteiger partial charge in [-0.1, -0.05) is 17.7 Å². The number of H-pyrrole nitrogens is 1. The van der Waals surface area contributed by atoms with Crippen LogP contribution in [0.1, 0.15) is 41.8 Å². The number of nitrogens with zero attached hydrogens (tertiary/aromatic N) is 1. The molecule has 0 fully saturated rings. The number of hydrogen-bond donors (Lipinski definition) is 3. The van der Waals surface area contributed by atoms with Crippen LogP contribution in [0.2, 0.25) is 5.02 Å². The van der Waals surface area contributed by atoms with Crippen LogP contribution >= 0.6 is 11.6 Å². The van der Waals surface area contributed by atoms with Crippen molar-refractivity contribution in [2.75, 3.05) is 6.54 Å².